The molecule has 1 amide bonds. The van der Waals surface area contributed by atoms with Gasteiger partial charge in [-0.2, -0.15) is 8.42 Å². The van der Waals surface area contributed by atoms with E-state index in [2.05, 4.69) is 0 Å². The van der Waals surface area contributed by atoms with Crippen molar-refractivity contribution in [3.8, 4) is 0 Å². The fraction of sp³-hybridized carbons (Fsp3) is 0.917. The molecule has 7 heteroatoms. The standard InChI is InChI=1S/C12H23NO5S/c1-12(2,3)10-9(8-18-19(4,16)17)6-5-7-13(10)11(14)15/h9-10H,5-8H2,1-4H3,(H,14,15). The molecule has 0 saturated carbocycles. The zero-order valence-electron chi connectivity index (χ0n) is 11.9. The highest BCUT2D eigenvalue weighted by molar-refractivity contribution is 7.85. The number of nitrogens with zero attached hydrogens (tertiary/aromatic N) is 1. The van der Waals surface area contributed by atoms with E-state index in [1.807, 2.05) is 20.8 Å². The fourth-order valence-electron chi connectivity index (χ4n) is 2.85. The van der Waals surface area contributed by atoms with Gasteiger partial charge in [0.05, 0.1) is 12.9 Å². The summed E-state index contributed by atoms with van der Waals surface area (Å²) in [5.41, 5.74) is -0.260. The van der Waals surface area contributed by atoms with Gasteiger partial charge >= 0.3 is 6.09 Å². The molecule has 2 atom stereocenters. The summed E-state index contributed by atoms with van der Waals surface area (Å²) in [5.74, 6) is -0.0976. The molecule has 1 N–H and O–H groups in total. The summed E-state index contributed by atoms with van der Waals surface area (Å²) in [6, 6.07) is -0.236. The second-order valence-corrected chi connectivity index (χ2v) is 7.82. The molecular weight excluding hydrogens is 270 g/mol. The van der Waals surface area contributed by atoms with Crippen LogP contribution in [0.5, 0.6) is 0 Å². The van der Waals surface area contributed by atoms with Gasteiger partial charge in [-0.25, -0.2) is 4.79 Å². The van der Waals surface area contributed by atoms with E-state index in [1.54, 1.807) is 0 Å². The largest absolute Gasteiger partial charge is 0.465 e. The average Bonchev–Trinajstić information content (AvgIpc) is 2.23. The van der Waals surface area contributed by atoms with Crippen LogP contribution >= 0.6 is 0 Å². The monoisotopic (exact) mass is 293 g/mol. The molecule has 6 nitrogen and oxygen atoms in total. The molecule has 1 heterocycles. The van der Waals surface area contributed by atoms with Crippen molar-refractivity contribution in [2.75, 3.05) is 19.4 Å². The Morgan fingerprint density at radius 1 is 1.42 bits per heavy atom. The van der Waals surface area contributed by atoms with Crippen LogP contribution in [-0.2, 0) is 14.3 Å². The highest BCUT2D eigenvalue weighted by atomic mass is 32.2. The first-order valence-corrected chi connectivity index (χ1v) is 8.18. The van der Waals surface area contributed by atoms with Crippen molar-refractivity contribution in [1.29, 1.82) is 0 Å². The Bertz CT molecular complexity index is 426. The lowest BCUT2D eigenvalue weighted by Crippen LogP contribution is -2.55. The van der Waals surface area contributed by atoms with Gasteiger partial charge in [0.1, 0.15) is 0 Å². The topological polar surface area (TPSA) is 83.9 Å². The van der Waals surface area contributed by atoms with Crippen molar-refractivity contribution in [2.24, 2.45) is 11.3 Å². The molecule has 1 fully saturated rings. The maximum atomic E-state index is 11.3. The maximum Gasteiger partial charge on any atom is 0.407 e. The number of piperidine rings is 1. The van der Waals surface area contributed by atoms with Crippen LogP contribution < -0.4 is 0 Å². The van der Waals surface area contributed by atoms with Crippen LogP contribution in [0.1, 0.15) is 33.6 Å². The highest BCUT2D eigenvalue weighted by Crippen LogP contribution is 2.36. The van der Waals surface area contributed by atoms with Crippen LogP contribution in [0.4, 0.5) is 4.79 Å². The van der Waals surface area contributed by atoms with Gasteiger partial charge in [-0.1, -0.05) is 20.8 Å². The van der Waals surface area contributed by atoms with Gasteiger partial charge < -0.3 is 10.0 Å². The van der Waals surface area contributed by atoms with Crippen molar-refractivity contribution in [1.82, 2.24) is 4.90 Å². The zero-order chi connectivity index (χ0) is 14.8. The Morgan fingerprint density at radius 2 is 2.00 bits per heavy atom. The predicted molar refractivity (Wildman–Crippen MR) is 71.5 cm³/mol. The summed E-state index contributed by atoms with van der Waals surface area (Å²) in [4.78, 5) is 12.7. The molecule has 0 bridgehead atoms. The minimum Gasteiger partial charge on any atom is -0.465 e. The van der Waals surface area contributed by atoms with Gasteiger partial charge in [-0.15, -0.1) is 0 Å². The zero-order valence-corrected chi connectivity index (χ0v) is 12.7. The average molecular weight is 293 g/mol. The second kappa shape index (κ2) is 5.66. The molecule has 1 aliphatic rings. The minimum absolute atomic E-state index is 0.0462. The number of likely N-dealkylation sites (tertiary alicyclic amines) is 1. The third kappa shape index (κ3) is 4.65. The summed E-state index contributed by atoms with van der Waals surface area (Å²) in [6.45, 7) is 6.43. The van der Waals surface area contributed by atoms with Gasteiger partial charge in [-0.3, -0.25) is 4.18 Å². The van der Waals surface area contributed by atoms with E-state index in [4.69, 9.17) is 4.18 Å². The van der Waals surface area contributed by atoms with Gasteiger partial charge in [0.15, 0.2) is 0 Å². The number of amides is 1. The third-order valence-corrected chi connectivity index (χ3v) is 3.95. The lowest BCUT2D eigenvalue weighted by Gasteiger charge is -2.46. The lowest BCUT2D eigenvalue weighted by atomic mass is 9.74. The second-order valence-electron chi connectivity index (χ2n) is 6.18. The van der Waals surface area contributed by atoms with Crippen molar-refractivity contribution in [2.45, 2.75) is 39.7 Å². The van der Waals surface area contributed by atoms with Crippen LogP contribution in [-0.4, -0.2) is 50.0 Å². The molecule has 1 rings (SSSR count). The van der Waals surface area contributed by atoms with Gasteiger partial charge in [0, 0.05) is 18.5 Å². The summed E-state index contributed by atoms with van der Waals surface area (Å²) < 4.78 is 27.1. The summed E-state index contributed by atoms with van der Waals surface area (Å²) in [7, 11) is -3.50. The Balaban J connectivity index is 2.90. The highest BCUT2D eigenvalue weighted by Gasteiger charge is 2.42. The van der Waals surface area contributed by atoms with E-state index < -0.39 is 16.2 Å². The van der Waals surface area contributed by atoms with Gasteiger partial charge in [0.2, 0.25) is 0 Å². The van der Waals surface area contributed by atoms with Crippen LogP contribution in [0.15, 0.2) is 0 Å². The fourth-order valence-corrected chi connectivity index (χ4v) is 3.27. The smallest absolute Gasteiger partial charge is 0.407 e. The normalized spacial score (nSPS) is 25.4. The van der Waals surface area contributed by atoms with Crippen LogP contribution in [0.2, 0.25) is 0 Å². The maximum absolute atomic E-state index is 11.3. The molecule has 0 radical (unpaired) electrons. The van der Waals surface area contributed by atoms with E-state index in [-0.39, 0.29) is 24.0 Å². The summed E-state index contributed by atoms with van der Waals surface area (Å²) in [5, 5.41) is 9.28. The number of hydrogen-bond donors (Lipinski definition) is 1. The lowest BCUT2D eigenvalue weighted by molar-refractivity contribution is 0.00785. The molecule has 0 aromatic rings. The molecule has 0 aliphatic carbocycles. The number of carbonyl (C=O) groups is 1. The first kappa shape index (κ1) is 16.2. The number of rotatable bonds is 3. The summed E-state index contributed by atoms with van der Waals surface area (Å²) in [6.07, 6.45) is 1.57. The Kier molecular flexibility index (Phi) is 4.84. The molecule has 19 heavy (non-hydrogen) atoms. The van der Waals surface area contributed by atoms with Crippen molar-refractivity contribution in [3.05, 3.63) is 0 Å². The molecule has 0 aromatic heterocycles. The van der Waals surface area contributed by atoms with Gasteiger partial charge in [0.25, 0.3) is 10.1 Å². The molecule has 112 valence electrons. The SMILES string of the molecule is CC(C)(C)C1C(COS(C)(=O)=O)CCCN1C(=O)O. The Morgan fingerprint density at radius 3 is 2.42 bits per heavy atom. The quantitative estimate of drug-likeness (QED) is 0.802. The van der Waals surface area contributed by atoms with E-state index in [0.29, 0.717) is 6.54 Å². The van der Waals surface area contributed by atoms with Crippen LogP contribution in [0.25, 0.3) is 0 Å². The first-order chi connectivity index (χ1) is 8.52. The first-order valence-electron chi connectivity index (χ1n) is 6.36. The predicted octanol–water partition coefficient (Wildman–Crippen LogP) is 1.77. The third-order valence-electron chi connectivity index (χ3n) is 3.39. The molecule has 1 aliphatic heterocycles. The van der Waals surface area contributed by atoms with Gasteiger partial charge in [-0.05, 0) is 18.3 Å². The van der Waals surface area contributed by atoms with E-state index in [1.165, 1.54) is 4.90 Å². The molecule has 0 spiro atoms. The van der Waals surface area contributed by atoms with E-state index in [9.17, 15) is 18.3 Å². The van der Waals surface area contributed by atoms with E-state index in [0.717, 1.165) is 19.1 Å². The van der Waals surface area contributed by atoms with E-state index >= 15 is 0 Å². The molecular formula is C12H23NO5S. The Hall–Kier alpha value is -0.820. The Labute approximate surface area is 114 Å². The minimum atomic E-state index is -3.50. The molecule has 1 saturated heterocycles. The number of carboxylic acid groups (broad SMARTS) is 1. The van der Waals surface area contributed by atoms with Crippen molar-refractivity contribution < 1.29 is 22.5 Å². The summed E-state index contributed by atoms with van der Waals surface area (Å²) >= 11 is 0. The van der Waals surface area contributed by atoms with Crippen molar-refractivity contribution >= 4 is 16.2 Å². The van der Waals surface area contributed by atoms with Crippen molar-refractivity contribution in [3.63, 3.8) is 0 Å². The molecule has 0 aromatic carbocycles. The van der Waals surface area contributed by atoms with Crippen LogP contribution in [0, 0.1) is 11.3 Å². The number of hydrogen-bond acceptors (Lipinski definition) is 4. The van der Waals surface area contributed by atoms with Crippen LogP contribution in [0.3, 0.4) is 0 Å². The molecule has 2 unspecified atom stereocenters.